The Hall–Kier alpha value is -2.67. The number of aryl methyl sites for hydroxylation is 1. The Morgan fingerprint density at radius 2 is 1.94 bits per heavy atom. The molecule has 1 aromatic heterocycles. The van der Waals surface area contributed by atoms with Crippen LogP contribution in [-0.4, -0.2) is 45.6 Å². The second kappa shape index (κ2) is 10.6. The summed E-state index contributed by atoms with van der Waals surface area (Å²) in [6, 6.07) is 16.6. The molecular weight excluding hydrogens is 388 g/mol. The summed E-state index contributed by atoms with van der Waals surface area (Å²) in [5.74, 6) is 0.793. The molecule has 2 aromatic carbocycles. The normalized spacial score (nSPS) is 14.9. The number of ether oxygens (including phenoxy) is 1. The number of hydrogen-bond donors (Lipinski definition) is 2. The molecule has 6 nitrogen and oxygen atoms in total. The molecule has 4 rings (SSSR count). The molecule has 164 valence electrons. The van der Waals surface area contributed by atoms with E-state index < -0.39 is 6.10 Å². The van der Waals surface area contributed by atoms with E-state index in [1.165, 1.54) is 16.7 Å². The average Bonchev–Trinajstić information content (AvgIpc) is 3.26. The molecule has 1 aliphatic heterocycles. The molecular formula is C25H32N4O2. The number of aromatic nitrogens is 2. The number of aliphatic hydroxyl groups excluding tert-OH is 1. The van der Waals surface area contributed by atoms with Crippen molar-refractivity contribution in [1.29, 1.82) is 0 Å². The zero-order chi connectivity index (χ0) is 21.5. The minimum Gasteiger partial charge on any atom is -0.491 e. The number of nitrogens with one attached hydrogen (secondary N) is 1. The van der Waals surface area contributed by atoms with E-state index in [1.807, 2.05) is 29.1 Å². The highest BCUT2D eigenvalue weighted by molar-refractivity contribution is 5.29. The first-order valence-corrected chi connectivity index (χ1v) is 11.1. The van der Waals surface area contributed by atoms with E-state index in [4.69, 9.17) is 4.74 Å². The summed E-state index contributed by atoms with van der Waals surface area (Å²) in [5, 5.41) is 18.2. The number of aliphatic hydroxyl groups is 1. The molecule has 0 unspecified atom stereocenters. The van der Waals surface area contributed by atoms with Crippen molar-refractivity contribution >= 4 is 0 Å². The van der Waals surface area contributed by atoms with Gasteiger partial charge in [0.25, 0.3) is 0 Å². The maximum Gasteiger partial charge on any atom is 0.119 e. The molecule has 0 spiro atoms. The van der Waals surface area contributed by atoms with Gasteiger partial charge < -0.3 is 15.2 Å². The SMILES string of the molecule is CCn1cc(CNCc2cccc(OC[C@@H](O)CN3CCc4ccccc4C3)c2)cn1. The summed E-state index contributed by atoms with van der Waals surface area (Å²) < 4.78 is 7.81. The second-order valence-electron chi connectivity index (χ2n) is 8.17. The first-order chi connectivity index (χ1) is 15.2. The predicted molar refractivity (Wildman–Crippen MR) is 122 cm³/mol. The number of benzene rings is 2. The van der Waals surface area contributed by atoms with Crippen molar-refractivity contribution in [2.24, 2.45) is 0 Å². The zero-order valence-corrected chi connectivity index (χ0v) is 18.2. The summed E-state index contributed by atoms with van der Waals surface area (Å²) in [4.78, 5) is 2.30. The van der Waals surface area contributed by atoms with Crippen LogP contribution in [0.2, 0.25) is 0 Å². The Labute approximate surface area is 184 Å². The van der Waals surface area contributed by atoms with Crippen molar-refractivity contribution in [2.75, 3.05) is 19.7 Å². The van der Waals surface area contributed by atoms with Crippen LogP contribution < -0.4 is 10.1 Å². The lowest BCUT2D eigenvalue weighted by Gasteiger charge is -2.30. The van der Waals surface area contributed by atoms with Crippen molar-refractivity contribution in [2.45, 2.75) is 45.6 Å². The van der Waals surface area contributed by atoms with Crippen molar-refractivity contribution in [1.82, 2.24) is 20.0 Å². The van der Waals surface area contributed by atoms with E-state index in [-0.39, 0.29) is 0 Å². The van der Waals surface area contributed by atoms with Gasteiger partial charge in [0, 0.05) is 51.0 Å². The summed E-state index contributed by atoms with van der Waals surface area (Å²) in [5.41, 5.74) is 5.12. The van der Waals surface area contributed by atoms with E-state index in [9.17, 15) is 5.11 Å². The van der Waals surface area contributed by atoms with Crippen molar-refractivity contribution < 1.29 is 9.84 Å². The number of nitrogens with zero attached hydrogens (tertiary/aromatic N) is 3. The molecule has 1 atom stereocenters. The molecule has 1 aliphatic rings. The minimum absolute atomic E-state index is 0.297. The summed E-state index contributed by atoms with van der Waals surface area (Å²) in [7, 11) is 0. The van der Waals surface area contributed by atoms with Crippen LogP contribution in [0, 0.1) is 0 Å². The molecule has 2 heterocycles. The third-order valence-corrected chi connectivity index (χ3v) is 5.69. The molecule has 0 amide bonds. The highest BCUT2D eigenvalue weighted by Crippen LogP contribution is 2.19. The van der Waals surface area contributed by atoms with E-state index >= 15 is 0 Å². The standard InChI is InChI=1S/C25H32N4O2/c1-2-29-16-21(15-27-29)14-26-13-20-6-5-9-25(12-20)31-19-24(30)18-28-11-10-22-7-3-4-8-23(22)17-28/h3-9,12,15-16,24,26,30H,2,10-11,13-14,17-19H2,1H3/t24-/m0/s1. The summed E-state index contributed by atoms with van der Waals surface area (Å²) >= 11 is 0. The van der Waals surface area contributed by atoms with E-state index in [2.05, 4.69) is 58.8 Å². The fourth-order valence-corrected chi connectivity index (χ4v) is 4.02. The van der Waals surface area contributed by atoms with Gasteiger partial charge in [-0.25, -0.2) is 0 Å². The highest BCUT2D eigenvalue weighted by atomic mass is 16.5. The maximum atomic E-state index is 10.5. The minimum atomic E-state index is -0.512. The van der Waals surface area contributed by atoms with Crippen LogP contribution in [0.25, 0.3) is 0 Å². The lowest BCUT2D eigenvalue weighted by molar-refractivity contribution is 0.0637. The van der Waals surface area contributed by atoms with Crippen LogP contribution in [0.3, 0.4) is 0 Å². The quantitative estimate of drug-likeness (QED) is 0.528. The van der Waals surface area contributed by atoms with Crippen LogP contribution in [0.15, 0.2) is 60.9 Å². The van der Waals surface area contributed by atoms with Gasteiger partial charge in [-0.1, -0.05) is 36.4 Å². The molecule has 2 N–H and O–H groups in total. The third kappa shape index (κ3) is 6.17. The monoisotopic (exact) mass is 420 g/mol. The average molecular weight is 421 g/mol. The van der Waals surface area contributed by atoms with Crippen LogP contribution >= 0.6 is 0 Å². The van der Waals surface area contributed by atoms with E-state index in [1.54, 1.807) is 0 Å². The molecule has 0 radical (unpaired) electrons. The molecule has 3 aromatic rings. The number of β-amino-alcohol motifs (C(OH)–C–C–N with tert-alkyl or cyclic N) is 1. The largest absolute Gasteiger partial charge is 0.491 e. The molecule has 0 bridgehead atoms. The summed E-state index contributed by atoms with van der Waals surface area (Å²) in [6.45, 7) is 7.30. The number of rotatable bonds is 10. The van der Waals surface area contributed by atoms with Crippen LogP contribution in [0.5, 0.6) is 5.75 Å². The second-order valence-corrected chi connectivity index (χ2v) is 8.17. The van der Waals surface area contributed by atoms with E-state index in [0.29, 0.717) is 13.2 Å². The Balaban J connectivity index is 1.20. The highest BCUT2D eigenvalue weighted by Gasteiger charge is 2.18. The van der Waals surface area contributed by atoms with Crippen molar-refractivity contribution in [3.05, 3.63) is 83.2 Å². The van der Waals surface area contributed by atoms with E-state index in [0.717, 1.165) is 50.5 Å². The molecule has 0 saturated heterocycles. The fourth-order valence-electron chi connectivity index (χ4n) is 4.02. The van der Waals surface area contributed by atoms with Gasteiger partial charge >= 0.3 is 0 Å². The lowest BCUT2D eigenvalue weighted by atomic mass is 10.00. The third-order valence-electron chi connectivity index (χ3n) is 5.69. The van der Waals surface area contributed by atoms with Gasteiger partial charge in [0.1, 0.15) is 18.5 Å². The van der Waals surface area contributed by atoms with Gasteiger partial charge in [-0.3, -0.25) is 9.58 Å². The van der Waals surface area contributed by atoms with Gasteiger partial charge in [0.15, 0.2) is 0 Å². The Kier molecular flexibility index (Phi) is 7.35. The Morgan fingerprint density at radius 1 is 1.10 bits per heavy atom. The molecule has 0 aliphatic carbocycles. The first-order valence-electron chi connectivity index (χ1n) is 11.1. The molecule has 0 saturated carbocycles. The van der Waals surface area contributed by atoms with Gasteiger partial charge in [-0.2, -0.15) is 5.10 Å². The predicted octanol–water partition coefficient (Wildman–Crippen LogP) is 2.99. The van der Waals surface area contributed by atoms with Gasteiger partial charge in [-0.05, 0) is 42.2 Å². The smallest absolute Gasteiger partial charge is 0.119 e. The molecule has 31 heavy (non-hydrogen) atoms. The van der Waals surface area contributed by atoms with Gasteiger partial charge in [0.2, 0.25) is 0 Å². The molecule has 0 fully saturated rings. The first kappa shape index (κ1) is 21.6. The topological polar surface area (TPSA) is 62.6 Å². The Bertz CT molecular complexity index is 971. The Morgan fingerprint density at radius 3 is 2.77 bits per heavy atom. The molecule has 6 heteroatoms. The van der Waals surface area contributed by atoms with Crippen LogP contribution in [0.4, 0.5) is 0 Å². The van der Waals surface area contributed by atoms with Crippen molar-refractivity contribution in [3.8, 4) is 5.75 Å². The maximum absolute atomic E-state index is 10.5. The number of fused-ring (bicyclic) bond motifs is 1. The van der Waals surface area contributed by atoms with Crippen LogP contribution in [0.1, 0.15) is 29.2 Å². The lowest BCUT2D eigenvalue weighted by Crippen LogP contribution is -2.38. The van der Waals surface area contributed by atoms with Crippen LogP contribution in [-0.2, 0) is 32.6 Å². The fraction of sp³-hybridized carbons (Fsp3) is 0.400. The summed E-state index contributed by atoms with van der Waals surface area (Å²) in [6.07, 6.45) is 4.49. The number of hydrogen-bond acceptors (Lipinski definition) is 5. The van der Waals surface area contributed by atoms with Gasteiger partial charge in [-0.15, -0.1) is 0 Å². The van der Waals surface area contributed by atoms with Crippen molar-refractivity contribution in [3.63, 3.8) is 0 Å². The van der Waals surface area contributed by atoms with Gasteiger partial charge in [0.05, 0.1) is 6.20 Å². The zero-order valence-electron chi connectivity index (χ0n) is 18.2.